The van der Waals surface area contributed by atoms with Crippen molar-refractivity contribution >= 4 is 35.1 Å². The fourth-order valence-corrected chi connectivity index (χ4v) is 3.93. The number of aryl methyl sites for hydroxylation is 2. The van der Waals surface area contributed by atoms with Gasteiger partial charge < -0.3 is 11.1 Å². The number of carbonyl (C=O) groups is 1. The monoisotopic (exact) mass is 388 g/mol. The fourth-order valence-electron chi connectivity index (χ4n) is 2.87. The van der Waals surface area contributed by atoms with E-state index in [0.717, 1.165) is 11.3 Å². The molecule has 0 spiro atoms. The molecule has 1 amide bonds. The molecule has 0 bridgehead atoms. The summed E-state index contributed by atoms with van der Waals surface area (Å²) in [7, 11) is 0. The Kier molecular flexibility index (Phi) is 6.56. The van der Waals surface area contributed by atoms with Crippen LogP contribution in [-0.4, -0.2) is 5.91 Å². The second-order valence-electron chi connectivity index (χ2n) is 6.76. The molecule has 4 heteroatoms. The first-order chi connectivity index (χ1) is 13.5. The van der Waals surface area contributed by atoms with Gasteiger partial charge in [0.05, 0.1) is 11.4 Å². The molecule has 0 atom stereocenters. The largest absolute Gasteiger partial charge is 0.397 e. The number of amides is 1. The topological polar surface area (TPSA) is 55.1 Å². The van der Waals surface area contributed by atoms with Crippen LogP contribution < -0.4 is 11.1 Å². The van der Waals surface area contributed by atoms with Gasteiger partial charge in [-0.05, 0) is 66.4 Å². The SMILES string of the molecule is Cc1cc(C)cc(SCc2ccc(/C=C/C(=O)Nc3ccccc3N)cc2)c1. The molecule has 0 fully saturated rings. The molecule has 0 aliphatic rings. The predicted molar refractivity (Wildman–Crippen MR) is 120 cm³/mol. The van der Waals surface area contributed by atoms with Crippen molar-refractivity contribution in [2.75, 3.05) is 11.1 Å². The van der Waals surface area contributed by atoms with Gasteiger partial charge in [0.25, 0.3) is 0 Å². The summed E-state index contributed by atoms with van der Waals surface area (Å²) in [6.07, 6.45) is 3.32. The molecule has 3 nitrogen and oxygen atoms in total. The molecule has 28 heavy (non-hydrogen) atoms. The molecule has 0 aliphatic heterocycles. The van der Waals surface area contributed by atoms with Gasteiger partial charge in [-0.1, -0.05) is 42.5 Å². The number of nitrogen functional groups attached to an aromatic ring is 1. The van der Waals surface area contributed by atoms with E-state index in [0.29, 0.717) is 11.4 Å². The summed E-state index contributed by atoms with van der Waals surface area (Å²) in [6, 6.07) is 22.1. The molecule has 0 unspecified atom stereocenters. The molecule has 142 valence electrons. The van der Waals surface area contributed by atoms with E-state index in [1.165, 1.54) is 27.7 Å². The number of carbonyl (C=O) groups excluding carboxylic acids is 1. The highest BCUT2D eigenvalue weighted by Crippen LogP contribution is 2.25. The molecule has 0 saturated carbocycles. The summed E-state index contributed by atoms with van der Waals surface area (Å²) in [4.78, 5) is 13.4. The standard InChI is InChI=1S/C24H24N2OS/c1-17-13-18(2)15-21(14-17)28-16-20-9-7-19(8-10-20)11-12-24(27)26-23-6-4-3-5-22(23)25/h3-15H,16,25H2,1-2H3,(H,26,27)/b12-11+. The highest BCUT2D eigenvalue weighted by molar-refractivity contribution is 7.98. The van der Waals surface area contributed by atoms with Crippen molar-refractivity contribution in [1.29, 1.82) is 0 Å². The molecule has 0 aliphatic carbocycles. The third kappa shape index (κ3) is 5.76. The average molecular weight is 389 g/mol. The van der Waals surface area contributed by atoms with Crippen LogP contribution in [0.1, 0.15) is 22.3 Å². The zero-order chi connectivity index (χ0) is 19.9. The molecule has 0 saturated heterocycles. The molecular weight excluding hydrogens is 364 g/mol. The van der Waals surface area contributed by atoms with Crippen molar-refractivity contribution in [2.45, 2.75) is 24.5 Å². The third-order valence-electron chi connectivity index (χ3n) is 4.23. The van der Waals surface area contributed by atoms with Crippen LogP contribution in [0.2, 0.25) is 0 Å². The van der Waals surface area contributed by atoms with Gasteiger partial charge in [-0.25, -0.2) is 0 Å². The predicted octanol–water partition coefficient (Wildman–Crippen LogP) is 5.83. The van der Waals surface area contributed by atoms with E-state index in [4.69, 9.17) is 5.73 Å². The first-order valence-electron chi connectivity index (χ1n) is 9.13. The number of hydrogen-bond donors (Lipinski definition) is 2. The normalized spacial score (nSPS) is 10.9. The first kappa shape index (κ1) is 19.8. The molecule has 3 aromatic rings. The lowest BCUT2D eigenvalue weighted by Crippen LogP contribution is -2.09. The van der Waals surface area contributed by atoms with Crippen LogP contribution in [-0.2, 0) is 10.5 Å². The van der Waals surface area contributed by atoms with E-state index in [-0.39, 0.29) is 5.91 Å². The maximum Gasteiger partial charge on any atom is 0.248 e. The van der Waals surface area contributed by atoms with Crippen LogP contribution in [0.25, 0.3) is 6.08 Å². The summed E-state index contributed by atoms with van der Waals surface area (Å²) >= 11 is 1.83. The number of benzene rings is 3. The van der Waals surface area contributed by atoms with Gasteiger partial charge in [-0.2, -0.15) is 0 Å². The Hall–Kier alpha value is -2.98. The minimum absolute atomic E-state index is 0.202. The summed E-state index contributed by atoms with van der Waals surface area (Å²) < 4.78 is 0. The lowest BCUT2D eigenvalue weighted by molar-refractivity contribution is -0.111. The maximum atomic E-state index is 12.1. The number of nitrogens with two attached hydrogens (primary N) is 1. The van der Waals surface area contributed by atoms with Crippen LogP contribution in [0.5, 0.6) is 0 Å². The summed E-state index contributed by atoms with van der Waals surface area (Å²) in [6.45, 7) is 4.25. The Balaban J connectivity index is 1.55. The van der Waals surface area contributed by atoms with Crippen LogP contribution >= 0.6 is 11.8 Å². The number of hydrogen-bond acceptors (Lipinski definition) is 3. The lowest BCUT2D eigenvalue weighted by Gasteiger charge is -2.06. The van der Waals surface area contributed by atoms with Gasteiger partial charge in [0.2, 0.25) is 5.91 Å². The summed E-state index contributed by atoms with van der Waals surface area (Å²) in [5, 5.41) is 2.79. The van der Waals surface area contributed by atoms with E-state index in [1.807, 2.05) is 36.0 Å². The van der Waals surface area contributed by atoms with Gasteiger partial charge in [-0.15, -0.1) is 11.8 Å². The summed E-state index contributed by atoms with van der Waals surface area (Å²) in [5.41, 5.74) is 11.8. The van der Waals surface area contributed by atoms with E-state index in [9.17, 15) is 4.79 Å². The highest BCUT2D eigenvalue weighted by atomic mass is 32.2. The van der Waals surface area contributed by atoms with Gasteiger partial charge >= 0.3 is 0 Å². The second kappa shape index (κ2) is 9.29. The van der Waals surface area contributed by atoms with Crippen molar-refractivity contribution in [2.24, 2.45) is 0 Å². The van der Waals surface area contributed by atoms with Crippen LogP contribution in [0, 0.1) is 13.8 Å². The number of para-hydroxylation sites is 2. The fraction of sp³-hybridized carbons (Fsp3) is 0.125. The third-order valence-corrected chi connectivity index (χ3v) is 5.27. The Labute approximate surface area is 170 Å². The minimum atomic E-state index is -0.202. The van der Waals surface area contributed by atoms with E-state index < -0.39 is 0 Å². The van der Waals surface area contributed by atoms with Gasteiger partial charge in [0.1, 0.15) is 0 Å². The van der Waals surface area contributed by atoms with Crippen molar-refractivity contribution in [3.63, 3.8) is 0 Å². The second-order valence-corrected chi connectivity index (χ2v) is 7.81. The number of rotatable bonds is 6. The van der Waals surface area contributed by atoms with Crippen molar-refractivity contribution in [3.8, 4) is 0 Å². The van der Waals surface area contributed by atoms with Crippen molar-refractivity contribution in [1.82, 2.24) is 0 Å². The molecular formula is C24H24N2OS. The Morgan fingerprint density at radius 1 is 1.00 bits per heavy atom. The smallest absolute Gasteiger partial charge is 0.248 e. The van der Waals surface area contributed by atoms with Crippen molar-refractivity contribution in [3.05, 3.63) is 95.1 Å². The zero-order valence-corrected chi connectivity index (χ0v) is 16.9. The average Bonchev–Trinajstić information content (AvgIpc) is 2.67. The Morgan fingerprint density at radius 2 is 1.68 bits per heavy atom. The van der Waals surface area contributed by atoms with Gasteiger partial charge in [-0.3, -0.25) is 4.79 Å². The molecule has 3 N–H and O–H groups in total. The molecule has 0 aromatic heterocycles. The molecule has 0 heterocycles. The number of anilines is 2. The van der Waals surface area contributed by atoms with E-state index >= 15 is 0 Å². The Morgan fingerprint density at radius 3 is 2.36 bits per heavy atom. The van der Waals surface area contributed by atoms with Gasteiger partial charge in [0.15, 0.2) is 0 Å². The zero-order valence-electron chi connectivity index (χ0n) is 16.1. The van der Waals surface area contributed by atoms with E-state index in [2.05, 4.69) is 49.5 Å². The molecule has 3 rings (SSSR count). The van der Waals surface area contributed by atoms with Crippen LogP contribution in [0.3, 0.4) is 0 Å². The lowest BCUT2D eigenvalue weighted by atomic mass is 10.1. The Bertz CT molecular complexity index is 973. The number of nitrogens with one attached hydrogen (secondary N) is 1. The van der Waals surface area contributed by atoms with Crippen molar-refractivity contribution < 1.29 is 4.79 Å². The molecule has 3 aromatic carbocycles. The minimum Gasteiger partial charge on any atom is -0.397 e. The quantitative estimate of drug-likeness (QED) is 0.317. The van der Waals surface area contributed by atoms with Crippen LogP contribution in [0.15, 0.2) is 77.7 Å². The first-order valence-corrected chi connectivity index (χ1v) is 10.1. The van der Waals surface area contributed by atoms with Crippen LogP contribution in [0.4, 0.5) is 11.4 Å². The van der Waals surface area contributed by atoms with Gasteiger partial charge in [0, 0.05) is 16.7 Å². The van der Waals surface area contributed by atoms with E-state index in [1.54, 1.807) is 18.2 Å². The molecule has 0 radical (unpaired) electrons. The maximum absolute atomic E-state index is 12.1. The number of thioether (sulfide) groups is 1. The highest BCUT2D eigenvalue weighted by Gasteiger charge is 2.02. The summed E-state index contributed by atoms with van der Waals surface area (Å²) in [5.74, 6) is 0.716.